The van der Waals surface area contributed by atoms with Crippen molar-refractivity contribution in [1.29, 1.82) is 0 Å². The number of rotatable bonds is 5. The molecule has 0 saturated carbocycles. The Kier molecular flexibility index (Phi) is 5.82. The quantitative estimate of drug-likeness (QED) is 0.203. The van der Waals surface area contributed by atoms with Crippen LogP contribution in [0, 0.1) is 0 Å². The van der Waals surface area contributed by atoms with Gasteiger partial charge in [0.25, 0.3) is 0 Å². The van der Waals surface area contributed by atoms with E-state index in [2.05, 4.69) is 173 Å². The van der Waals surface area contributed by atoms with Crippen LogP contribution in [-0.2, 0) is 0 Å². The fourth-order valence-electron chi connectivity index (χ4n) is 6.87. The van der Waals surface area contributed by atoms with E-state index in [1.54, 1.807) is 0 Å². The number of para-hydroxylation sites is 5. The molecule has 0 amide bonds. The molecule has 0 bridgehead atoms. The summed E-state index contributed by atoms with van der Waals surface area (Å²) >= 11 is 0. The molecule has 9 aromatic rings. The van der Waals surface area contributed by atoms with Crippen LogP contribution in [0.15, 0.2) is 174 Å². The molecular formula is C42H28N2O. The molecule has 0 radical (unpaired) electrons. The summed E-state index contributed by atoms with van der Waals surface area (Å²) in [6.07, 6.45) is 0. The lowest BCUT2D eigenvalue weighted by molar-refractivity contribution is 0.669. The molecule has 9 rings (SSSR count). The lowest BCUT2D eigenvalue weighted by Gasteiger charge is -2.28. The summed E-state index contributed by atoms with van der Waals surface area (Å²) in [7, 11) is 0. The third kappa shape index (κ3) is 3.98. The summed E-state index contributed by atoms with van der Waals surface area (Å²) < 4.78 is 9.05. The number of hydrogen-bond acceptors (Lipinski definition) is 2. The third-order valence-corrected chi connectivity index (χ3v) is 8.79. The number of benzene rings is 7. The fraction of sp³-hybridized carbons (Fsp3) is 0. The Bertz CT molecular complexity index is 2490. The first kappa shape index (κ1) is 25.4. The van der Waals surface area contributed by atoms with Crippen molar-refractivity contribution in [2.75, 3.05) is 4.90 Å². The van der Waals surface area contributed by atoms with E-state index in [-0.39, 0.29) is 0 Å². The molecule has 45 heavy (non-hydrogen) atoms. The van der Waals surface area contributed by atoms with Crippen LogP contribution in [0.2, 0.25) is 0 Å². The molecule has 0 aliphatic heterocycles. The minimum absolute atomic E-state index is 0.866. The average Bonchev–Trinajstić information content (AvgIpc) is 3.66. The Labute approximate surface area is 260 Å². The van der Waals surface area contributed by atoms with E-state index in [9.17, 15) is 0 Å². The molecule has 7 aromatic carbocycles. The maximum Gasteiger partial charge on any atom is 0.159 e. The van der Waals surface area contributed by atoms with Gasteiger partial charge in [0.2, 0.25) is 0 Å². The van der Waals surface area contributed by atoms with Crippen molar-refractivity contribution < 1.29 is 4.42 Å². The lowest BCUT2D eigenvalue weighted by Crippen LogP contribution is -2.12. The highest BCUT2D eigenvalue weighted by Gasteiger charge is 2.25. The largest absolute Gasteiger partial charge is 0.454 e. The molecule has 3 heteroatoms. The second-order valence-electron chi connectivity index (χ2n) is 11.3. The number of fused-ring (bicyclic) bond motifs is 6. The minimum atomic E-state index is 0.866. The second-order valence-corrected chi connectivity index (χ2v) is 11.3. The van der Waals surface area contributed by atoms with Crippen molar-refractivity contribution in [3.8, 4) is 16.8 Å². The van der Waals surface area contributed by atoms with Crippen molar-refractivity contribution in [2.45, 2.75) is 0 Å². The molecule has 0 fully saturated rings. The Morgan fingerprint density at radius 1 is 0.422 bits per heavy atom. The Morgan fingerprint density at radius 2 is 1.02 bits per heavy atom. The van der Waals surface area contributed by atoms with E-state index in [1.807, 2.05) is 6.07 Å². The van der Waals surface area contributed by atoms with Crippen LogP contribution in [0.1, 0.15) is 0 Å². The van der Waals surface area contributed by atoms with Gasteiger partial charge in [0, 0.05) is 32.8 Å². The number of anilines is 3. The Morgan fingerprint density at radius 3 is 1.89 bits per heavy atom. The first-order valence-electron chi connectivity index (χ1n) is 15.3. The van der Waals surface area contributed by atoms with Gasteiger partial charge >= 0.3 is 0 Å². The van der Waals surface area contributed by atoms with E-state index in [0.29, 0.717) is 0 Å². The molecule has 0 spiro atoms. The predicted octanol–water partition coefficient (Wildman–Crippen LogP) is 11.8. The van der Waals surface area contributed by atoms with Crippen LogP contribution in [0.4, 0.5) is 17.1 Å². The second kappa shape index (κ2) is 10.3. The summed E-state index contributed by atoms with van der Waals surface area (Å²) in [5, 5.41) is 4.60. The van der Waals surface area contributed by atoms with Crippen LogP contribution in [0.25, 0.3) is 60.6 Å². The van der Waals surface area contributed by atoms with Crippen molar-refractivity contribution in [3.63, 3.8) is 0 Å². The summed E-state index contributed by atoms with van der Waals surface area (Å²) in [6.45, 7) is 0. The van der Waals surface area contributed by atoms with Gasteiger partial charge in [-0.25, -0.2) is 0 Å². The minimum Gasteiger partial charge on any atom is -0.454 e. The van der Waals surface area contributed by atoms with E-state index in [4.69, 9.17) is 4.42 Å². The molecule has 0 atom stereocenters. The molecule has 2 heterocycles. The van der Waals surface area contributed by atoms with E-state index < -0.39 is 0 Å². The van der Waals surface area contributed by atoms with Gasteiger partial charge < -0.3 is 13.9 Å². The van der Waals surface area contributed by atoms with Crippen LogP contribution >= 0.6 is 0 Å². The summed E-state index contributed by atoms with van der Waals surface area (Å²) in [6, 6.07) is 60.1. The van der Waals surface area contributed by atoms with Gasteiger partial charge in [-0.1, -0.05) is 121 Å². The van der Waals surface area contributed by atoms with Crippen molar-refractivity contribution in [2.24, 2.45) is 0 Å². The number of nitrogens with zero attached hydrogens (tertiary/aromatic N) is 2. The summed E-state index contributed by atoms with van der Waals surface area (Å²) in [5.74, 6) is 0. The SMILES string of the molecule is c1ccc(-c2ccccc2N(c2cccc3c2oc2ccccc23)c2cccc3c2c2ccccc2n3-c2ccccc2)cc1. The Balaban J connectivity index is 1.43. The molecule has 0 N–H and O–H groups in total. The third-order valence-electron chi connectivity index (χ3n) is 8.79. The first-order chi connectivity index (χ1) is 22.4. The van der Waals surface area contributed by atoms with Crippen LogP contribution < -0.4 is 4.90 Å². The highest BCUT2D eigenvalue weighted by Crippen LogP contribution is 2.48. The summed E-state index contributed by atoms with van der Waals surface area (Å²) in [5.41, 5.74) is 10.7. The fourth-order valence-corrected chi connectivity index (χ4v) is 6.87. The van der Waals surface area contributed by atoms with Gasteiger partial charge in [0.05, 0.1) is 28.1 Å². The molecule has 3 nitrogen and oxygen atoms in total. The van der Waals surface area contributed by atoms with Crippen LogP contribution in [0.3, 0.4) is 0 Å². The van der Waals surface area contributed by atoms with E-state index in [0.717, 1.165) is 61.3 Å². The highest BCUT2D eigenvalue weighted by molar-refractivity contribution is 6.18. The van der Waals surface area contributed by atoms with Crippen LogP contribution in [-0.4, -0.2) is 4.57 Å². The molecule has 0 unspecified atom stereocenters. The maximum absolute atomic E-state index is 6.68. The number of aromatic nitrogens is 1. The topological polar surface area (TPSA) is 21.3 Å². The molecule has 212 valence electrons. The maximum atomic E-state index is 6.68. The number of hydrogen-bond donors (Lipinski definition) is 0. The normalized spacial score (nSPS) is 11.6. The van der Waals surface area contributed by atoms with Gasteiger partial charge in [0.1, 0.15) is 5.58 Å². The standard InChI is InChI=1S/C42H28N2O/c1-3-15-29(16-4-1)31-19-7-10-23-35(31)44(39-27-13-22-33-32-20-9-12-28-40(32)45-42(33)39)38-26-14-25-37-41(38)34-21-8-11-24-36(34)43(37)30-17-5-2-6-18-30/h1-28H. The molecule has 0 aliphatic carbocycles. The number of furan rings is 1. The highest BCUT2D eigenvalue weighted by atomic mass is 16.3. The Hall–Kier alpha value is -6.06. The van der Waals surface area contributed by atoms with E-state index in [1.165, 1.54) is 16.3 Å². The van der Waals surface area contributed by atoms with Gasteiger partial charge in [-0.3, -0.25) is 0 Å². The van der Waals surface area contributed by atoms with E-state index >= 15 is 0 Å². The summed E-state index contributed by atoms with van der Waals surface area (Å²) in [4.78, 5) is 2.40. The van der Waals surface area contributed by atoms with Gasteiger partial charge in [0.15, 0.2) is 5.58 Å². The molecule has 0 saturated heterocycles. The molecular weight excluding hydrogens is 548 g/mol. The van der Waals surface area contributed by atoms with Crippen molar-refractivity contribution >= 4 is 60.8 Å². The van der Waals surface area contributed by atoms with Crippen molar-refractivity contribution in [1.82, 2.24) is 4.57 Å². The van der Waals surface area contributed by atoms with Gasteiger partial charge in [-0.15, -0.1) is 0 Å². The zero-order valence-corrected chi connectivity index (χ0v) is 24.5. The lowest BCUT2D eigenvalue weighted by atomic mass is 10.0. The molecule has 0 aliphatic rings. The smallest absolute Gasteiger partial charge is 0.159 e. The average molecular weight is 577 g/mol. The zero-order valence-electron chi connectivity index (χ0n) is 24.5. The van der Waals surface area contributed by atoms with Gasteiger partial charge in [-0.2, -0.15) is 0 Å². The van der Waals surface area contributed by atoms with Gasteiger partial charge in [-0.05, 0) is 54.1 Å². The molecule has 2 aromatic heterocycles. The predicted molar refractivity (Wildman–Crippen MR) is 188 cm³/mol. The monoisotopic (exact) mass is 576 g/mol. The first-order valence-corrected chi connectivity index (χ1v) is 15.3. The zero-order chi connectivity index (χ0) is 29.7. The van der Waals surface area contributed by atoms with Crippen LogP contribution in [0.5, 0.6) is 0 Å². The van der Waals surface area contributed by atoms with Crippen molar-refractivity contribution in [3.05, 3.63) is 170 Å².